The van der Waals surface area contributed by atoms with Crippen molar-refractivity contribution in [3.05, 3.63) is 51.8 Å². The molecule has 9 heteroatoms. The second-order valence-electron chi connectivity index (χ2n) is 7.61. The van der Waals surface area contributed by atoms with E-state index < -0.39 is 0 Å². The Kier molecular flexibility index (Phi) is 4.76. The molecule has 1 saturated heterocycles. The summed E-state index contributed by atoms with van der Waals surface area (Å²) < 4.78 is 6.75. The molecule has 28 heavy (non-hydrogen) atoms. The number of fused-ring (bicyclic) bond motifs is 4. The van der Waals surface area contributed by atoms with Crippen molar-refractivity contribution in [1.82, 2.24) is 19.9 Å². The maximum atomic E-state index is 12.6. The molecule has 2 aromatic heterocycles. The van der Waals surface area contributed by atoms with Crippen LogP contribution in [0.1, 0.15) is 40.3 Å². The number of aromatic nitrogens is 2. The van der Waals surface area contributed by atoms with Crippen molar-refractivity contribution in [1.29, 1.82) is 0 Å². The normalized spacial score (nSPS) is 23.8. The number of nitrogens with one attached hydrogen (secondary N) is 1. The van der Waals surface area contributed by atoms with Crippen LogP contribution in [0.3, 0.4) is 0 Å². The predicted octanol–water partition coefficient (Wildman–Crippen LogP) is 0.0202. The third-order valence-corrected chi connectivity index (χ3v) is 5.59. The first kappa shape index (κ1) is 18.4. The van der Waals surface area contributed by atoms with Gasteiger partial charge in [-0.2, -0.15) is 0 Å². The van der Waals surface area contributed by atoms with Crippen LogP contribution in [0.25, 0.3) is 0 Å². The summed E-state index contributed by atoms with van der Waals surface area (Å²) in [5.41, 5.74) is 6.46. The van der Waals surface area contributed by atoms with Gasteiger partial charge in [0.15, 0.2) is 5.69 Å². The molecule has 1 fully saturated rings. The molecule has 2 bridgehead atoms. The second kappa shape index (κ2) is 7.23. The van der Waals surface area contributed by atoms with Crippen LogP contribution in [0.2, 0.25) is 0 Å². The molecular formula is C19H23N5O4. The van der Waals surface area contributed by atoms with Gasteiger partial charge < -0.3 is 20.1 Å². The molecule has 0 unspecified atom stereocenters. The van der Waals surface area contributed by atoms with E-state index in [2.05, 4.69) is 10.5 Å². The first-order valence-corrected chi connectivity index (χ1v) is 9.36. The molecule has 9 nitrogen and oxygen atoms in total. The Labute approximate surface area is 161 Å². The van der Waals surface area contributed by atoms with Crippen LogP contribution in [0.15, 0.2) is 33.6 Å². The van der Waals surface area contributed by atoms with Crippen LogP contribution in [-0.4, -0.2) is 52.6 Å². The maximum Gasteiger partial charge on any atom is 0.273 e. The van der Waals surface area contributed by atoms with Gasteiger partial charge in [-0.25, -0.2) is 0 Å². The molecule has 4 rings (SSSR count). The Hall–Kier alpha value is -2.94. The van der Waals surface area contributed by atoms with E-state index in [1.807, 2.05) is 11.0 Å². The summed E-state index contributed by atoms with van der Waals surface area (Å²) in [7, 11) is 0. The van der Waals surface area contributed by atoms with Crippen molar-refractivity contribution < 1.29 is 14.1 Å². The van der Waals surface area contributed by atoms with E-state index in [-0.39, 0.29) is 47.5 Å². The van der Waals surface area contributed by atoms with Crippen LogP contribution < -0.4 is 16.6 Å². The number of carbonyl (C=O) groups is 2. The summed E-state index contributed by atoms with van der Waals surface area (Å²) in [4.78, 5) is 38.4. The average Bonchev–Trinajstić information content (AvgIpc) is 3.08. The minimum absolute atomic E-state index is 0.0768. The highest BCUT2D eigenvalue weighted by Crippen LogP contribution is 2.40. The van der Waals surface area contributed by atoms with Gasteiger partial charge in [0.25, 0.3) is 11.5 Å². The van der Waals surface area contributed by atoms with E-state index in [4.69, 9.17) is 10.3 Å². The van der Waals surface area contributed by atoms with Gasteiger partial charge in [-0.3, -0.25) is 19.3 Å². The summed E-state index contributed by atoms with van der Waals surface area (Å²) >= 11 is 0. The monoisotopic (exact) mass is 385 g/mol. The minimum Gasteiger partial charge on any atom is -0.369 e. The van der Waals surface area contributed by atoms with Gasteiger partial charge in [0.1, 0.15) is 5.76 Å². The van der Waals surface area contributed by atoms with Crippen molar-refractivity contribution in [3.8, 4) is 0 Å². The van der Waals surface area contributed by atoms with Crippen molar-refractivity contribution in [3.63, 3.8) is 0 Å². The molecule has 148 valence electrons. The third-order valence-electron chi connectivity index (χ3n) is 5.59. The van der Waals surface area contributed by atoms with Crippen molar-refractivity contribution in [2.75, 3.05) is 26.2 Å². The SMILES string of the molecule is Cc1cc(C(=O)NC[C@H]2[C@H]3C[C@H](CN(CC(N)=O)C3)c3cccc(=O)n32)no1. The highest BCUT2D eigenvalue weighted by atomic mass is 16.5. The molecule has 0 aromatic carbocycles. The number of pyridine rings is 1. The Morgan fingerprint density at radius 1 is 1.36 bits per heavy atom. The quantitative estimate of drug-likeness (QED) is 0.748. The fraction of sp³-hybridized carbons (Fsp3) is 0.474. The number of nitrogens with two attached hydrogens (primary N) is 1. The maximum absolute atomic E-state index is 12.6. The number of aryl methyl sites for hydroxylation is 1. The lowest BCUT2D eigenvalue weighted by Gasteiger charge is -2.46. The second-order valence-corrected chi connectivity index (χ2v) is 7.61. The molecule has 0 radical (unpaired) electrons. The smallest absolute Gasteiger partial charge is 0.273 e. The molecule has 2 aromatic rings. The van der Waals surface area contributed by atoms with E-state index in [1.165, 1.54) is 0 Å². The number of amides is 2. The zero-order valence-electron chi connectivity index (χ0n) is 15.6. The number of rotatable bonds is 5. The standard InChI is InChI=1S/C19H23N5O4/c1-11-5-14(22-28-11)19(27)21-7-16-13-6-12(8-23(9-13)10-17(20)25)15-3-2-4-18(26)24(15)16/h2-5,12-13,16H,6-10H2,1H3,(H2,20,25)(H,21,27)/t12-,13+,16+/m1/s1. The largest absolute Gasteiger partial charge is 0.369 e. The number of primary amides is 1. The molecule has 2 amide bonds. The van der Waals surface area contributed by atoms with Gasteiger partial charge in [0.05, 0.1) is 12.6 Å². The number of piperidine rings is 1. The van der Waals surface area contributed by atoms with Crippen LogP contribution in [0, 0.1) is 12.8 Å². The highest BCUT2D eigenvalue weighted by Gasteiger charge is 2.40. The molecule has 0 spiro atoms. The zero-order valence-corrected chi connectivity index (χ0v) is 15.6. The molecular weight excluding hydrogens is 362 g/mol. The zero-order chi connectivity index (χ0) is 19.8. The van der Waals surface area contributed by atoms with Gasteiger partial charge in [0, 0.05) is 43.4 Å². The van der Waals surface area contributed by atoms with E-state index in [0.29, 0.717) is 25.4 Å². The number of hydrogen-bond acceptors (Lipinski definition) is 6. The average molecular weight is 385 g/mol. The van der Waals surface area contributed by atoms with Gasteiger partial charge in [-0.1, -0.05) is 11.2 Å². The molecule has 0 saturated carbocycles. The lowest BCUT2D eigenvalue weighted by atomic mass is 9.78. The molecule has 4 heterocycles. The molecule has 3 atom stereocenters. The third kappa shape index (κ3) is 3.45. The Bertz CT molecular complexity index is 965. The van der Waals surface area contributed by atoms with Gasteiger partial charge in [-0.15, -0.1) is 0 Å². The molecule has 2 aliphatic heterocycles. The number of hydrogen-bond donors (Lipinski definition) is 2. The topological polar surface area (TPSA) is 123 Å². The van der Waals surface area contributed by atoms with E-state index in [9.17, 15) is 14.4 Å². The summed E-state index contributed by atoms with van der Waals surface area (Å²) in [6.07, 6.45) is 0.905. The van der Waals surface area contributed by atoms with Crippen LogP contribution >= 0.6 is 0 Å². The molecule has 0 aliphatic carbocycles. The lowest BCUT2D eigenvalue weighted by molar-refractivity contribution is -0.119. The number of carbonyl (C=O) groups excluding carboxylic acids is 2. The Balaban J connectivity index is 1.59. The molecule has 3 N–H and O–H groups in total. The lowest BCUT2D eigenvalue weighted by Crippen LogP contribution is -2.53. The van der Waals surface area contributed by atoms with Crippen LogP contribution in [0.4, 0.5) is 0 Å². The summed E-state index contributed by atoms with van der Waals surface area (Å²) in [5, 5.41) is 6.61. The van der Waals surface area contributed by atoms with Crippen LogP contribution in [-0.2, 0) is 4.79 Å². The van der Waals surface area contributed by atoms with Gasteiger partial charge in [-0.05, 0) is 25.3 Å². The van der Waals surface area contributed by atoms with Crippen molar-refractivity contribution >= 4 is 11.8 Å². The van der Waals surface area contributed by atoms with E-state index in [1.54, 1.807) is 29.7 Å². The predicted molar refractivity (Wildman–Crippen MR) is 99.8 cm³/mol. The van der Waals surface area contributed by atoms with Gasteiger partial charge >= 0.3 is 0 Å². The fourth-order valence-electron chi connectivity index (χ4n) is 4.51. The minimum atomic E-state index is -0.364. The first-order valence-electron chi connectivity index (χ1n) is 9.36. The fourth-order valence-corrected chi connectivity index (χ4v) is 4.51. The number of nitrogens with zero attached hydrogens (tertiary/aromatic N) is 3. The summed E-state index contributed by atoms with van der Waals surface area (Å²) in [6, 6.07) is 6.62. The highest BCUT2D eigenvalue weighted by molar-refractivity contribution is 5.92. The van der Waals surface area contributed by atoms with Crippen molar-refractivity contribution in [2.24, 2.45) is 11.7 Å². The Morgan fingerprint density at radius 2 is 2.18 bits per heavy atom. The Morgan fingerprint density at radius 3 is 2.89 bits per heavy atom. The molecule has 2 aliphatic rings. The first-order chi connectivity index (χ1) is 13.4. The van der Waals surface area contributed by atoms with E-state index in [0.717, 1.165) is 12.1 Å². The van der Waals surface area contributed by atoms with E-state index >= 15 is 0 Å². The summed E-state index contributed by atoms with van der Waals surface area (Å²) in [6.45, 7) is 3.56. The number of likely N-dealkylation sites (tertiary alicyclic amines) is 1. The van der Waals surface area contributed by atoms with Crippen LogP contribution in [0.5, 0.6) is 0 Å². The van der Waals surface area contributed by atoms with Crippen molar-refractivity contribution in [2.45, 2.75) is 25.3 Å². The van der Waals surface area contributed by atoms with Gasteiger partial charge in [0.2, 0.25) is 5.91 Å². The summed E-state index contributed by atoms with van der Waals surface area (Å²) in [5.74, 6) is 0.148.